The maximum absolute atomic E-state index is 13.6. The lowest BCUT2D eigenvalue weighted by atomic mass is 9.93. The van der Waals surface area contributed by atoms with Crippen LogP contribution in [0.5, 0.6) is 0 Å². The number of nitrogens with one attached hydrogen (secondary N) is 2. The number of benzene rings is 1. The van der Waals surface area contributed by atoms with Gasteiger partial charge in [-0.15, -0.1) is 0 Å². The van der Waals surface area contributed by atoms with Crippen LogP contribution in [0.1, 0.15) is 49.9 Å². The van der Waals surface area contributed by atoms with Crippen molar-refractivity contribution in [2.24, 2.45) is 0 Å². The predicted molar refractivity (Wildman–Crippen MR) is 127 cm³/mol. The van der Waals surface area contributed by atoms with Gasteiger partial charge < -0.3 is 10.6 Å². The van der Waals surface area contributed by atoms with E-state index in [0.29, 0.717) is 12.1 Å². The summed E-state index contributed by atoms with van der Waals surface area (Å²) in [5, 5.41) is 15.9. The van der Waals surface area contributed by atoms with E-state index in [2.05, 4.69) is 35.2 Å². The molecular formula is C26H30F2N4. The quantitative estimate of drug-likeness (QED) is 0.310. The molecule has 0 unspecified atom stereocenters. The Morgan fingerprint density at radius 2 is 2.00 bits per heavy atom. The number of nitrogens with zero attached hydrogens (tertiary/aromatic N) is 2. The number of anilines is 1. The Labute approximate surface area is 189 Å². The van der Waals surface area contributed by atoms with E-state index < -0.39 is 11.6 Å². The fourth-order valence-electron chi connectivity index (χ4n) is 3.15. The van der Waals surface area contributed by atoms with E-state index in [0.717, 1.165) is 60.5 Å². The van der Waals surface area contributed by atoms with Gasteiger partial charge in [0.25, 0.3) is 0 Å². The van der Waals surface area contributed by atoms with Crippen molar-refractivity contribution in [2.75, 3.05) is 18.4 Å². The van der Waals surface area contributed by atoms with Crippen LogP contribution in [-0.4, -0.2) is 18.1 Å². The third-order valence-electron chi connectivity index (χ3n) is 4.97. The monoisotopic (exact) mass is 436 g/mol. The summed E-state index contributed by atoms with van der Waals surface area (Å²) in [5.74, 6) is -1.31. The van der Waals surface area contributed by atoms with E-state index in [9.17, 15) is 14.0 Å². The van der Waals surface area contributed by atoms with Crippen molar-refractivity contribution in [2.45, 2.75) is 39.7 Å². The summed E-state index contributed by atoms with van der Waals surface area (Å²) in [5.41, 5.74) is 4.76. The number of unbranched alkanes of at least 4 members (excludes halogenated alkanes) is 1. The molecule has 0 aliphatic rings. The van der Waals surface area contributed by atoms with Crippen molar-refractivity contribution >= 4 is 11.3 Å². The van der Waals surface area contributed by atoms with Gasteiger partial charge in [0.15, 0.2) is 0 Å². The van der Waals surface area contributed by atoms with Crippen LogP contribution >= 0.6 is 0 Å². The highest BCUT2D eigenvalue weighted by molar-refractivity contribution is 5.86. The molecule has 0 amide bonds. The Bertz CT molecular complexity index is 1020. The number of nitriles is 1. The molecule has 0 radical (unpaired) electrons. The molecule has 1 aromatic carbocycles. The number of aromatic nitrogens is 1. The minimum Gasteiger partial charge on any atom is -0.385 e. The Hall–Kier alpha value is -3.30. The fourth-order valence-corrected chi connectivity index (χ4v) is 3.15. The smallest absolute Gasteiger partial charge is 0.148 e. The van der Waals surface area contributed by atoms with Gasteiger partial charge in [-0.1, -0.05) is 31.7 Å². The van der Waals surface area contributed by atoms with Crippen molar-refractivity contribution in [3.63, 3.8) is 0 Å². The highest BCUT2D eigenvalue weighted by Gasteiger charge is 2.11. The van der Waals surface area contributed by atoms with E-state index in [-0.39, 0.29) is 12.2 Å². The minimum atomic E-state index is -0.675. The molecule has 0 atom stereocenters. The molecule has 0 aliphatic heterocycles. The second-order valence-corrected chi connectivity index (χ2v) is 7.33. The molecule has 2 rings (SSSR count). The molecule has 1 aromatic heterocycles. The second kappa shape index (κ2) is 13.2. The van der Waals surface area contributed by atoms with Gasteiger partial charge in [0, 0.05) is 30.4 Å². The number of hydrogen-bond donors (Lipinski definition) is 2. The van der Waals surface area contributed by atoms with Gasteiger partial charge in [-0.3, -0.25) is 4.98 Å². The van der Waals surface area contributed by atoms with Crippen LogP contribution in [0, 0.1) is 23.0 Å². The van der Waals surface area contributed by atoms with E-state index in [1.807, 2.05) is 37.3 Å². The third-order valence-corrected chi connectivity index (χ3v) is 4.97. The standard InChI is InChI=1S/C26H30F2N4/c1-4-6-9-22(19(3)5-2)23-14-20(16-29)10-11-25(23)31-13-8-7-12-30-18-26-24(28)15-21(27)17-32-26/h4,6,9-11,14-15,17,30-31H,3,5,7-8,12-13,18H2,1-2H3/b6-4-,22-9+. The number of pyridine rings is 1. The normalized spacial score (nSPS) is 11.5. The number of halogens is 2. The van der Waals surface area contributed by atoms with Crippen molar-refractivity contribution in [1.29, 1.82) is 5.26 Å². The molecular weight excluding hydrogens is 406 g/mol. The van der Waals surface area contributed by atoms with Crippen LogP contribution in [-0.2, 0) is 6.54 Å². The van der Waals surface area contributed by atoms with Crippen LogP contribution < -0.4 is 10.6 Å². The van der Waals surface area contributed by atoms with Gasteiger partial charge in [-0.2, -0.15) is 5.26 Å². The molecule has 32 heavy (non-hydrogen) atoms. The number of hydrogen-bond acceptors (Lipinski definition) is 4. The van der Waals surface area contributed by atoms with Crippen molar-refractivity contribution < 1.29 is 8.78 Å². The molecule has 4 nitrogen and oxygen atoms in total. The van der Waals surface area contributed by atoms with Crippen LogP contribution in [0.2, 0.25) is 0 Å². The maximum Gasteiger partial charge on any atom is 0.148 e. The first-order chi connectivity index (χ1) is 15.5. The Balaban J connectivity index is 1.93. The average Bonchev–Trinajstić information content (AvgIpc) is 2.80. The predicted octanol–water partition coefficient (Wildman–Crippen LogP) is 6.14. The molecule has 168 valence electrons. The summed E-state index contributed by atoms with van der Waals surface area (Å²) in [6, 6.07) is 8.68. The van der Waals surface area contributed by atoms with E-state index in [1.54, 1.807) is 6.07 Å². The third kappa shape index (κ3) is 7.44. The summed E-state index contributed by atoms with van der Waals surface area (Å²) >= 11 is 0. The average molecular weight is 437 g/mol. The van der Waals surface area contributed by atoms with E-state index >= 15 is 0 Å². The van der Waals surface area contributed by atoms with Crippen LogP contribution in [0.15, 0.2) is 60.8 Å². The van der Waals surface area contributed by atoms with Crippen LogP contribution in [0.25, 0.3) is 5.57 Å². The zero-order valence-corrected chi connectivity index (χ0v) is 18.7. The Kier molecular flexibility index (Phi) is 10.3. The van der Waals surface area contributed by atoms with Gasteiger partial charge in [0.2, 0.25) is 0 Å². The SMILES string of the molecule is C=C(CC)/C(=C\C=C/C)c1cc(C#N)ccc1NCCCCNCc1ncc(F)cc1F. The molecule has 0 saturated heterocycles. The summed E-state index contributed by atoms with van der Waals surface area (Å²) in [4.78, 5) is 3.77. The number of rotatable bonds is 12. The molecule has 2 aromatic rings. The van der Waals surface area contributed by atoms with E-state index in [1.165, 1.54) is 0 Å². The fraction of sp³-hybridized carbons (Fsp3) is 0.308. The molecule has 2 N–H and O–H groups in total. The first kappa shape index (κ1) is 25.0. The Morgan fingerprint density at radius 3 is 2.69 bits per heavy atom. The minimum absolute atomic E-state index is 0.211. The van der Waals surface area contributed by atoms with Crippen molar-refractivity contribution in [1.82, 2.24) is 10.3 Å². The second-order valence-electron chi connectivity index (χ2n) is 7.33. The summed E-state index contributed by atoms with van der Waals surface area (Å²) in [7, 11) is 0. The topological polar surface area (TPSA) is 60.7 Å². The molecule has 0 fully saturated rings. The number of allylic oxidation sites excluding steroid dienone is 5. The molecule has 0 saturated carbocycles. The van der Waals surface area contributed by atoms with E-state index in [4.69, 9.17) is 0 Å². The summed E-state index contributed by atoms with van der Waals surface area (Å²) in [6.07, 6.45) is 9.58. The van der Waals surface area contributed by atoms with Gasteiger partial charge in [0.05, 0.1) is 23.5 Å². The molecule has 0 bridgehead atoms. The molecule has 0 spiro atoms. The lowest BCUT2D eigenvalue weighted by Crippen LogP contribution is -2.17. The lowest BCUT2D eigenvalue weighted by molar-refractivity contribution is 0.539. The first-order valence-corrected chi connectivity index (χ1v) is 10.8. The van der Waals surface area contributed by atoms with Crippen molar-refractivity contribution in [3.05, 3.63) is 89.3 Å². The summed E-state index contributed by atoms with van der Waals surface area (Å²) < 4.78 is 26.5. The summed E-state index contributed by atoms with van der Waals surface area (Å²) in [6.45, 7) is 9.92. The highest BCUT2D eigenvalue weighted by atomic mass is 19.1. The van der Waals surface area contributed by atoms with Gasteiger partial charge in [-0.25, -0.2) is 8.78 Å². The first-order valence-electron chi connectivity index (χ1n) is 10.8. The lowest BCUT2D eigenvalue weighted by Gasteiger charge is -2.16. The Morgan fingerprint density at radius 1 is 1.22 bits per heavy atom. The molecule has 1 heterocycles. The maximum atomic E-state index is 13.6. The molecule has 6 heteroatoms. The molecule has 0 aliphatic carbocycles. The van der Waals surface area contributed by atoms with Crippen LogP contribution in [0.3, 0.4) is 0 Å². The van der Waals surface area contributed by atoms with Crippen molar-refractivity contribution in [3.8, 4) is 6.07 Å². The zero-order chi connectivity index (χ0) is 23.3. The van der Waals surface area contributed by atoms with Gasteiger partial charge >= 0.3 is 0 Å². The zero-order valence-electron chi connectivity index (χ0n) is 18.7. The van der Waals surface area contributed by atoms with Gasteiger partial charge in [0.1, 0.15) is 11.6 Å². The largest absolute Gasteiger partial charge is 0.385 e. The van der Waals surface area contributed by atoms with Gasteiger partial charge in [-0.05, 0) is 62.1 Å². The van der Waals surface area contributed by atoms with Crippen LogP contribution in [0.4, 0.5) is 14.5 Å². The highest BCUT2D eigenvalue weighted by Crippen LogP contribution is 2.31.